The summed E-state index contributed by atoms with van der Waals surface area (Å²) in [6.07, 6.45) is 2.59. The first kappa shape index (κ1) is 14.3. The van der Waals surface area contributed by atoms with Gasteiger partial charge in [0.2, 0.25) is 0 Å². The maximum Gasteiger partial charge on any atom is 0.127 e. The third-order valence-electron chi connectivity index (χ3n) is 3.62. The molecular weight excluding hydrogens is 241 g/mol. The topological polar surface area (TPSA) is 12.5 Å². The molecule has 1 saturated heterocycles. The Hall–Kier alpha value is -1.09. The monoisotopic (exact) mass is 265 g/mol. The molecule has 0 amide bonds. The Kier molecular flexibility index (Phi) is 4.46. The second-order valence-electron chi connectivity index (χ2n) is 6.29. The van der Waals surface area contributed by atoms with E-state index >= 15 is 0 Å². The Bertz CT molecular complexity index is 419. The van der Waals surface area contributed by atoms with Gasteiger partial charge in [0.15, 0.2) is 0 Å². The van der Waals surface area contributed by atoms with Crippen LogP contribution in [0.15, 0.2) is 18.2 Å². The maximum absolute atomic E-state index is 13.8. The van der Waals surface area contributed by atoms with Gasteiger partial charge in [-0.2, -0.15) is 0 Å². The van der Waals surface area contributed by atoms with Crippen LogP contribution >= 0.6 is 0 Å². The minimum atomic E-state index is -0.196. The van der Waals surface area contributed by atoms with Crippen LogP contribution in [0.1, 0.15) is 39.2 Å². The van der Waals surface area contributed by atoms with E-state index in [0.717, 1.165) is 12.3 Å². The standard InChI is InChI=1S/C16H24FNO/c1-16(2,3)14-12-13(6-7-15(14)17)19-11-10-18-8-4-5-9-18/h6-7,12H,4-5,8-11H2,1-3H3. The molecule has 1 aliphatic heterocycles. The molecule has 0 unspecified atom stereocenters. The zero-order valence-electron chi connectivity index (χ0n) is 12.2. The van der Waals surface area contributed by atoms with Gasteiger partial charge in [0.1, 0.15) is 18.2 Å². The zero-order chi connectivity index (χ0) is 13.9. The third kappa shape index (κ3) is 3.93. The van der Waals surface area contributed by atoms with Gasteiger partial charge in [0.05, 0.1) is 0 Å². The number of ether oxygens (including phenoxy) is 1. The van der Waals surface area contributed by atoms with E-state index in [0.29, 0.717) is 12.2 Å². The number of likely N-dealkylation sites (tertiary alicyclic amines) is 1. The summed E-state index contributed by atoms with van der Waals surface area (Å²) in [5, 5.41) is 0. The van der Waals surface area contributed by atoms with Gasteiger partial charge in [0.25, 0.3) is 0 Å². The van der Waals surface area contributed by atoms with Crippen LogP contribution in [0.25, 0.3) is 0 Å². The summed E-state index contributed by atoms with van der Waals surface area (Å²) >= 11 is 0. The van der Waals surface area contributed by atoms with Crippen molar-refractivity contribution < 1.29 is 9.13 Å². The fourth-order valence-corrected chi connectivity index (χ4v) is 2.47. The van der Waals surface area contributed by atoms with E-state index in [9.17, 15) is 4.39 Å². The number of halogens is 1. The van der Waals surface area contributed by atoms with Crippen LogP contribution in [-0.4, -0.2) is 31.1 Å². The van der Waals surface area contributed by atoms with E-state index in [1.54, 1.807) is 6.07 Å². The molecule has 1 aromatic rings. The Morgan fingerprint density at radius 3 is 2.53 bits per heavy atom. The highest BCUT2D eigenvalue weighted by Crippen LogP contribution is 2.28. The molecule has 0 saturated carbocycles. The quantitative estimate of drug-likeness (QED) is 0.824. The van der Waals surface area contributed by atoms with Gasteiger partial charge < -0.3 is 4.74 Å². The maximum atomic E-state index is 13.8. The van der Waals surface area contributed by atoms with Crippen molar-refractivity contribution in [2.45, 2.75) is 39.0 Å². The number of nitrogens with zero attached hydrogens (tertiary/aromatic N) is 1. The first-order chi connectivity index (χ1) is 8.97. The summed E-state index contributed by atoms with van der Waals surface area (Å²) < 4.78 is 19.5. The molecule has 1 aromatic carbocycles. The van der Waals surface area contributed by atoms with E-state index < -0.39 is 0 Å². The van der Waals surface area contributed by atoms with Gasteiger partial charge in [-0.05, 0) is 55.1 Å². The SMILES string of the molecule is CC(C)(C)c1cc(OCCN2CCCC2)ccc1F. The number of hydrogen-bond acceptors (Lipinski definition) is 2. The normalized spacial score (nSPS) is 16.8. The van der Waals surface area contributed by atoms with Crippen molar-refractivity contribution in [3.8, 4) is 5.75 Å². The second kappa shape index (κ2) is 5.91. The smallest absolute Gasteiger partial charge is 0.127 e. The van der Waals surface area contributed by atoms with Gasteiger partial charge in [-0.25, -0.2) is 4.39 Å². The van der Waals surface area contributed by atoms with E-state index in [-0.39, 0.29) is 11.2 Å². The lowest BCUT2D eigenvalue weighted by molar-refractivity contribution is 0.237. The van der Waals surface area contributed by atoms with Crippen LogP contribution in [0.3, 0.4) is 0 Å². The van der Waals surface area contributed by atoms with Crippen LogP contribution in [0, 0.1) is 5.82 Å². The van der Waals surface area contributed by atoms with Gasteiger partial charge in [0, 0.05) is 6.54 Å². The Labute approximate surface area is 115 Å². The fourth-order valence-electron chi connectivity index (χ4n) is 2.47. The van der Waals surface area contributed by atoms with Crippen molar-refractivity contribution in [2.75, 3.05) is 26.2 Å². The zero-order valence-corrected chi connectivity index (χ0v) is 12.2. The van der Waals surface area contributed by atoms with Gasteiger partial charge in [-0.3, -0.25) is 4.90 Å². The molecule has 0 N–H and O–H groups in total. The van der Waals surface area contributed by atoms with E-state index in [2.05, 4.69) is 4.90 Å². The molecule has 1 aliphatic rings. The van der Waals surface area contributed by atoms with Gasteiger partial charge in [-0.15, -0.1) is 0 Å². The first-order valence-corrected chi connectivity index (χ1v) is 7.12. The summed E-state index contributed by atoms with van der Waals surface area (Å²) in [6.45, 7) is 10.0. The average molecular weight is 265 g/mol. The van der Waals surface area contributed by atoms with Crippen molar-refractivity contribution in [1.29, 1.82) is 0 Å². The molecule has 0 atom stereocenters. The first-order valence-electron chi connectivity index (χ1n) is 7.12. The molecule has 19 heavy (non-hydrogen) atoms. The molecule has 1 heterocycles. The fraction of sp³-hybridized carbons (Fsp3) is 0.625. The summed E-state index contributed by atoms with van der Waals surface area (Å²) in [4.78, 5) is 2.41. The van der Waals surface area contributed by atoms with Gasteiger partial charge in [-0.1, -0.05) is 20.8 Å². The highest BCUT2D eigenvalue weighted by atomic mass is 19.1. The van der Waals surface area contributed by atoms with Crippen molar-refractivity contribution >= 4 is 0 Å². The second-order valence-corrected chi connectivity index (χ2v) is 6.29. The van der Waals surface area contributed by atoms with Crippen LogP contribution in [0.2, 0.25) is 0 Å². The molecule has 1 fully saturated rings. The average Bonchev–Trinajstić information content (AvgIpc) is 2.83. The van der Waals surface area contributed by atoms with Crippen LogP contribution in [-0.2, 0) is 5.41 Å². The minimum Gasteiger partial charge on any atom is -0.492 e. The molecular formula is C16H24FNO. The molecule has 0 radical (unpaired) electrons. The lowest BCUT2D eigenvalue weighted by atomic mass is 9.86. The highest BCUT2D eigenvalue weighted by Gasteiger charge is 2.19. The predicted octanol–water partition coefficient (Wildman–Crippen LogP) is 3.60. The Morgan fingerprint density at radius 2 is 1.89 bits per heavy atom. The van der Waals surface area contributed by atoms with E-state index in [4.69, 9.17) is 4.74 Å². The number of hydrogen-bond donors (Lipinski definition) is 0. The molecule has 0 aromatic heterocycles. The van der Waals surface area contributed by atoms with E-state index in [1.165, 1.54) is 32.0 Å². The van der Waals surface area contributed by atoms with Crippen molar-refractivity contribution in [3.05, 3.63) is 29.6 Å². The lowest BCUT2D eigenvalue weighted by Crippen LogP contribution is -2.25. The van der Waals surface area contributed by atoms with Gasteiger partial charge >= 0.3 is 0 Å². The highest BCUT2D eigenvalue weighted by molar-refractivity contribution is 5.34. The molecule has 2 rings (SSSR count). The van der Waals surface area contributed by atoms with Crippen molar-refractivity contribution in [3.63, 3.8) is 0 Å². The molecule has 3 heteroatoms. The van der Waals surface area contributed by atoms with Crippen molar-refractivity contribution in [2.24, 2.45) is 0 Å². The number of benzene rings is 1. The van der Waals surface area contributed by atoms with Crippen LogP contribution in [0.4, 0.5) is 4.39 Å². The van der Waals surface area contributed by atoms with Crippen molar-refractivity contribution in [1.82, 2.24) is 4.90 Å². The Morgan fingerprint density at radius 1 is 1.21 bits per heavy atom. The Balaban J connectivity index is 1.93. The third-order valence-corrected chi connectivity index (χ3v) is 3.62. The molecule has 0 aliphatic carbocycles. The minimum absolute atomic E-state index is 0.153. The summed E-state index contributed by atoms with van der Waals surface area (Å²) in [5.74, 6) is 0.616. The predicted molar refractivity (Wildman–Crippen MR) is 76.3 cm³/mol. The summed E-state index contributed by atoms with van der Waals surface area (Å²) in [6, 6.07) is 5.06. The number of rotatable bonds is 4. The van der Waals surface area contributed by atoms with E-state index in [1.807, 2.05) is 26.8 Å². The molecule has 0 bridgehead atoms. The molecule has 106 valence electrons. The van der Waals surface area contributed by atoms with Crippen LogP contribution in [0.5, 0.6) is 5.75 Å². The van der Waals surface area contributed by atoms with Crippen LogP contribution < -0.4 is 4.74 Å². The lowest BCUT2D eigenvalue weighted by Gasteiger charge is -2.21. The summed E-state index contributed by atoms with van der Waals surface area (Å²) in [7, 11) is 0. The summed E-state index contributed by atoms with van der Waals surface area (Å²) in [5.41, 5.74) is 0.518. The largest absolute Gasteiger partial charge is 0.492 e. The molecule has 0 spiro atoms. The molecule has 2 nitrogen and oxygen atoms in total.